The summed E-state index contributed by atoms with van der Waals surface area (Å²) in [7, 11) is 0. The smallest absolute Gasteiger partial charge is 0.252 e. The van der Waals surface area contributed by atoms with Crippen LogP contribution in [0, 0.1) is 0 Å². The number of ether oxygens (including phenoxy) is 1. The molecule has 0 bridgehead atoms. The Morgan fingerprint density at radius 2 is 1.70 bits per heavy atom. The van der Waals surface area contributed by atoms with Crippen LogP contribution in [0.15, 0.2) is 58.1 Å². The van der Waals surface area contributed by atoms with Gasteiger partial charge in [-0.25, -0.2) is 0 Å². The van der Waals surface area contributed by atoms with Crippen LogP contribution in [0.25, 0.3) is 21.9 Å². The molecule has 6 heteroatoms. The molecule has 2 aromatic carbocycles. The second-order valence-electron chi connectivity index (χ2n) is 7.68. The van der Waals surface area contributed by atoms with E-state index in [-0.39, 0.29) is 11.0 Å². The van der Waals surface area contributed by atoms with Gasteiger partial charge in [-0.2, -0.15) is 0 Å². The van der Waals surface area contributed by atoms with Gasteiger partial charge < -0.3 is 9.30 Å². The van der Waals surface area contributed by atoms with E-state index in [4.69, 9.17) is 16.3 Å². The van der Waals surface area contributed by atoms with Gasteiger partial charge in [0.2, 0.25) is 0 Å². The normalized spacial score (nSPS) is 12.7. The van der Waals surface area contributed by atoms with Gasteiger partial charge in [-0.1, -0.05) is 24.9 Å². The third-order valence-electron chi connectivity index (χ3n) is 5.75. The maximum absolute atomic E-state index is 13.4. The third kappa shape index (κ3) is 3.01. The molecule has 3 heterocycles. The fourth-order valence-corrected chi connectivity index (χ4v) is 4.42. The molecule has 0 N–H and O–H groups in total. The van der Waals surface area contributed by atoms with Crippen LogP contribution in [-0.4, -0.2) is 9.13 Å². The molecular weight excluding hydrogens is 400 g/mol. The molecule has 0 radical (unpaired) electrons. The average Bonchev–Trinajstić information content (AvgIpc) is 3.19. The lowest BCUT2D eigenvalue weighted by molar-refractivity contribution is 0.483. The molecular formula is C24H21ClN2O3. The highest BCUT2D eigenvalue weighted by atomic mass is 35.5. The van der Waals surface area contributed by atoms with E-state index in [9.17, 15) is 9.59 Å². The number of fused-ring (bicyclic) bond motifs is 2. The second-order valence-corrected chi connectivity index (χ2v) is 8.11. The summed E-state index contributed by atoms with van der Waals surface area (Å²) in [4.78, 5) is 26.1. The first-order valence-electron chi connectivity index (χ1n) is 10.2. The van der Waals surface area contributed by atoms with Crippen molar-refractivity contribution in [3.63, 3.8) is 0 Å². The van der Waals surface area contributed by atoms with E-state index in [0.717, 1.165) is 36.0 Å². The number of aromatic nitrogens is 2. The van der Waals surface area contributed by atoms with Gasteiger partial charge in [0.25, 0.3) is 5.56 Å². The minimum atomic E-state index is -0.0350. The summed E-state index contributed by atoms with van der Waals surface area (Å²) in [5.74, 6) is 1.30. The van der Waals surface area contributed by atoms with Gasteiger partial charge in [-0.15, -0.1) is 0 Å². The standard InChI is InChI=1S/C24H21ClN2O3/c1-2-3-4-15-13-21(28)27-12-11-26-20-14-18(30-17-7-5-16(25)6-8-17)9-10-19(20)23(29)22(15)24(26)27/h5-10,13-14H,2-4,11-12H2,1H3. The van der Waals surface area contributed by atoms with Crippen LogP contribution in [0.5, 0.6) is 11.5 Å². The minimum Gasteiger partial charge on any atom is -0.457 e. The largest absolute Gasteiger partial charge is 0.457 e. The second kappa shape index (κ2) is 7.33. The Morgan fingerprint density at radius 1 is 0.967 bits per heavy atom. The van der Waals surface area contributed by atoms with Gasteiger partial charge in [-0.3, -0.25) is 14.2 Å². The quantitative estimate of drug-likeness (QED) is 0.421. The fraction of sp³-hybridized carbons (Fsp3) is 0.250. The fourth-order valence-electron chi connectivity index (χ4n) is 4.29. The molecule has 5 nitrogen and oxygen atoms in total. The Bertz CT molecular complexity index is 1400. The van der Waals surface area contributed by atoms with E-state index in [1.54, 1.807) is 34.9 Å². The van der Waals surface area contributed by atoms with Gasteiger partial charge in [0, 0.05) is 35.6 Å². The van der Waals surface area contributed by atoms with E-state index in [1.165, 1.54) is 0 Å². The van der Waals surface area contributed by atoms with Crippen molar-refractivity contribution >= 4 is 33.5 Å². The molecule has 30 heavy (non-hydrogen) atoms. The topological polar surface area (TPSA) is 53.2 Å². The van der Waals surface area contributed by atoms with Gasteiger partial charge in [0.05, 0.1) is 10.9 Å². The predicted molar refractivity (Wildman–Crippen MR) is 120 cm³/mol. The molecule has 0 saturated heterocycles. The molecule has 0 amide bonds. The molecule has 0 fully saturated rings. The van der Waals surface area contributed by atoms with Crippen LogP contribution in [0.3, 0.4) is 0 Å². The molecule has 0 aliphatic carbocycles. The maximum atomic E-state index is 13.4. The Labute approximate surface area is 178 Å². The van der Waals surface area contributed by atoms with Crippen molar-refractivity contribution in [2.45, 2.75) is 39.3 Å². The monoisotopic (exact) mass is 420 g/mol. The van der Waals surface area contributed by atoms with Gasteiger partial charge in [0.15, 0.2) is 5.43 Å². The van der Waals surface area contributed by atoms with Crippen molar-refractivity contribution in [3.05, 3.63) is 79.7 Å². The van der Waals surface area contributed by atoms with Crippen molar-refractivity contribution in [1.29, 1.82) is 0 Å². The number of aryl methyl sites for hydroxylation is 3. The zero-order valence-corrected chi connectivity index (χ0v) is 17.4. The molecule has 0 unspecified atom stereocenters. The summed E-state index contributed by atoms with van der Waals surface area (Å²) >= 11 is 5.95. The number of hydrogen-bond acceptors (Lipinski definition) is 3. The lowest BCUT2D eigenvalue weighted by Gasteiger charge is -2.14. The lowest BCUT2D eigenvalue weighted by atomic mass is 10.0. The Kier molecular flexibility index (Phi) is 4.63. The van der Waals surface area contributed by atoms with Crippen molar-refractivity contribution < 1.29 is 4.74 Å². The number of pyridine rings is 2. The number of hydrogen-bond donors (Lipinski definition) is 0. The number of benzene rings is 2. The van der Waals surface area contributed by atoms with Gasteiger partial charge in [-0.05, 0) is 54.8 Å². The number of halogens is 1. The summed E-state index contributed by atoms with van der Waals surface area (Å²) in [5.41, 5.74) is 2.33. The lowest BCUT2D eigenvalue weighted by Crippen LogP contribution is -2.21. The van der Waals surface area contributed by atoms with E-state index in [0.29, 0.717) is 40.4 Å². The average molecular weight is 421 g/mol. The zero-order valence-electron chi connectivity index (χ0n) is 16.7. The molecule has 5 rings (SSSR count). The molecule has 1 aliphatic rings. The summed E-state index contributed by atoms with van der Waals surface area (Å²) < 4.78 is 9.77. The summed E-state index contributed by atoms with van der Waals surface area (Å²) in [5, 5.41) is 1.97. The first-order valence-corrected chi connectivity index (χ1v) is 10.6. The molecule has 0 spiro atoms. The van der Waals surface area contributed by atoms with Crippen LogP contribution >= 0.6 is 11.6 Å². The number of rotatable bonds is 5. The molecule has 0 atom stereocenters. The maximum Gasteiger partial charge on any atom is 0.252 e. The van der Waals surface area contributed by atoms with Gasteiger partial charge in [0.1, 0.15) is 17.1 Å². The van der Waals surface area contributed by atoms with E-state index in [2.05, 4.69) is 11.5 Å². The van der Waals surface area contributed by atoms with Crippen LogP contribution in [-0.2, 0) is 19.5 Å². The summed E-state index contributed by atoms with van der Waals surface area (Å²) in [6.07, 6.45) is 2.70. The summed E-state index contributed by atoms with van der Waals surface area (Å²) in [6, 6.07) is 14.3. The zero-order chi connectivity index (χ0) is 20.8. The van der Waals surface area contributed by atoms with Crippen LogP contribution in [0.2, 0.25) is 5.02 Å². The Morgan fingerprint density at radius 3 is 2.47 bits per heavy atom. The van der Waals surface area contributed by atoms with E-state index < -0.39 is 0 Å². The van der Waals surface area contributed by atoms with Crippen molar-refractivity contribution in [1.82, 2.24) is 9.13 Å². The van der Waals surface area contributed by atoms with E-state index >= 15 is 0 Å². The molecule has 4 aromatic rings. The molecule has 2 aromatic heterocycles. The van der Waals surface area contributed by atoms with Gasteiger partial charge >= 0.3 is 0 Å². The number of unbranched alkanes of at least 4 members (excludes halogenated alkanes) is 1. The van der Waals surface area contributed by atoms with Crippen LogP contribution in [0.1, 0.15) is 25.3 Å². The van der Waals surface area contributed by atoms with Crippen molar-refractivity contribution in [2.24, 2.45) is 0 Å². The van der Waals surface area contributed by atoms with Crippen LogP contribution < -0.4 is 15.7 Å². The predicted octanol–water partition coefficient (Wildman–Crippen LogP) is 5.12. The Balaban J connectivity index is 1.73. The molecule has 1 aliphatic heterocycles. The third-order valence-corrected chi connectivity index (χ3v) is 6.00. The van der Waals surface area contributed by atoms with Crippen LogP contribution in [0.4, 0.5) is 0 Å². The Hall–Kier alpha value is -3.05. The number of nitrogens with zero attached hydrogens (tertiary/aromatic N) is 2. The van der Waals surface area contributed by atoms with Crippen molar-refractivity contribution in [3.8, 4) is 11.5 Å². The highest BCUT2D eigenvalue weighted by Gasteiger charge is 2.22. The molecule has 152 valence electrons. The van der Waals surface area contributed by atoms with E-state index in [1.807, 2.05) is 18.2 Å². The highest BCUT2D eigenvalue weighted by molar-refractivity contribution is 6.30. The SMILES string of the molecule is CCCCc1cc(=O)n2c3c1c(=O)c1ccc(Oc4ccc(Cl)cc4)cc1n3CC2. The van der Waals surface area contributed by atoms with Crippen molar-refractivity contribution in [2.75, 3.05) is 0 Å². The highest BCUT2D eigenvalue weighted by Crippen LogP contribution is 2.30. The molecule has 0 saturated carbocycles. The first kappa shape index (κ1) is 18.9. The first-order chi connectivity index (χ1) is 14.6. The summed E-state index contributed by atoms with van der Waals surface area (Å²) in [6.45, 7) is 3.34. The minimum absolute atomic E-state index is 0.0176.